The lowest BCUT2D eigenvalue weighted by molar-refractivity contribution is -0.302. The van der Waals surface area contributed by atoms with Gasteiger partial charge < -0.3 is 45.1 Å². The van der Waals surface area contributed by atoms with Gasteiger partial charge in [0.15, 0.2) is 6.29 Å². The Balaban J connectivity index is 1.94. The van der Waals surface area contributed by atoms with Crippen molar-refractivity contribution in [3.63, 3.8) is 0 Å². The van der Waals surface area contributed by atoms with E-state index in [1.165, 1.54) is 238 Å². The number of unbranched alkanes of at least 4 members (excludes halogenated alkanes) is 41. The summed E-state index contributed by atoms with van der Waals surface area (Å²) in [7, 11) is 0. The Morgan fingerprint density at radius 1 is 0.420 bits per heavy atom. The second-order valence-corrected chi connectivity index (χ2v) is 25.6. The number of esters is 1. The molecule has 1 heterocycles. The fraction of sp³-hybridized carbons (Fsp3) is 0.818. The average molecular weight is 1240 g/mol. The van der Waals surface area contributed by atoms with Crippen molar-refractivity contribution in [3.05, 3.63) is 72.9 Å². The van der Waals surface area contributed by atoms with Crippen LogP contribution in [0.1, 0.15) is 341 Å². The molecule has 11 nitrogen and oxygen atoms in total. The Labute approximate surface area is 541 Å². The molecule has 11 heteroatoms. The third kappa shape index (κ3) is 53.7. The summed E-state index contributed by atoms with van der Waals surface area (Å²) in [5, 5.41) is 54.4. The summed E-state index contributed by atoms with van der Waals surface area (Å²) in [6.45, 7) is 4.26. The van der Waals surface area contributed by atoms with Crippen LogP contribution in [0.4, 0.5) is 0 Å². The van der Waals surface area contributed by atoms with Gasteiger partial charge in [0.1, 0.15) is 24.4 Å². The van der Waals surface area contributed by atoms with E-state index in [1.807, 2.05) is 6.08 Å². The molecule has 7 unspecified atom stereocenters. The van der Waals surface area contributed by atoms with Crippen LogP contribution in [-0.4, -0.2) is 100 Å². The minimum Gasteiger partial charge on any atom is -0.466 e. The molecule has 1 amide bonds. The molecule has 1 fully saturated rings. The molecule has 512 valence electrons. The highest BCUT2D eigenvalue weighted by Gasteiger charge is 2.44. The zero-order valence-electron chi connectivity index (χ0n) is 56.9. The largest absolute Gasteiger partial charge is 0.466 e. The Kier molecular flexibility index (Phi) is 61.9. The second kappa shape index (κ2) is 65.6. The van der Waals surface area contributed by atoms with Gasteiger partial charge in [-0.15, -0.1) is 0 Å². The summed E-state index contributed by atoms with van der Waals surface area (Å²) in [6.07, 6.45) is 79.2. The molecule has 0 aromatic rings. The Hall–Kier alpha value is -2.90. The van der Waals surface area contributed by atoms with Gasteiger partial charge in [-0.05, 0) is 103 Å². The van der Waals surface area contributed by atoms with E-state index >= 15 is 0 Å². The minimum absolute atomic E-state index is 0.000790. The lowest BCUT2D eigenvalue weighted by Crippen LogP contribution is -2.60. The van der Waals surface area contributed by atoms with Crippen LogP contribution in [0.15, 0.2) is 72.9 Å². The maximum absolute atomic E-state index is 13.1. The van der Waals surface area contributed by atoms with Crippen molar-refractivity contribution in [2.75, 3.05) is 19.8 Å². The van der Waals surface area contributed by atoms with Crippen molar-refractivity contribution in [3.8, 4) is 0 Å². The molecule has 0 radical (unpaired) electrons. The van der Waals surface area contributed by atoms with Crippen LogP contribution in [0.3, 0.4) is 0 Å². The predicted octanol–water partition coefficient (Wildman–Crippen LogP) is 19.5. The highest BCUT2D eigenvalue weighted by Crippen LogP contribution is 2.23. The summed E-state index contributed by atoms with van der Waals surface area (Å²) in [6, 6.07) is -0.833. The van der Waals surface area contributed by atoms with E-state index in [9.17, 15) is 35.1 Å². The molecule has 1 aliphatic heterocycles. The molecule has 1 rings (SSSR count). The van der Waals surface area contributed by atoms with E-state index in [0.717, 1.165) is 77.0 Å². The maximum Gasteiger partial charge on any atom is 0.305 e. The second-order valence-electron chi connectivity index (χ2n) is 25.6. The molecular weight excluding hydrogens is 1100 g/mol. The van der Waals surface area contributed by atoms with Crippen molar-refractivity contribution >= 4 is 11.9 Å². The van der Waals surface area contributed by atoms with Crippen LogP contribution in [-0.2, 0) is 23.8 Å². The van der Waals surface area contributed by atoms with Gasteiger partial charge in [0.25, 0.3) is 0 Å². The fourth-order valence-corrected chi connectivity index (χ4v) is 11.3. The zero-order chi connectivity index (χ0) is 63.7. The number of carbonyl (C=O) groups is 2. The summed E-state index contributed by atoms with van der Waals surface area (Å²) in [5.74, 6) is -0.194. The molecule has 0 saturated carbocycles. The molecule has 6 N–H and O–H groups in total. The van der Waals surface area contributed by atoms with Crippen LogP contribution in [0.25, 0.3) is 0 Å². The smallest absolute Gasteiger partial charge is 0.305 e. The minimum atomic E-state index is -1.58. The lowest BCUT2D eigenvalue weighted by atomic mass is 9.99. The normalized spacial score (nSPS) is 18.2. The van der Waals surface area contributed by atoms with Gasteiger partial charge in [-0.1, -0.05) is 299 Å². The Morgan fingerprint density at radius 3 is 1.19 bits per heavy atom. The van der Waals surface area contributed by atoms with Gasteiger partial charge in [0, 0.05) is 12.8 Å². The third-order valence-electron chi connectivity index (χ3n) is 17.2. The predicted molar refractivity (Wildman–Crippen MR) is 370 cm³/mol. The first-order valence-corrected chi connectivity index (χ1v) is 37.2. The van der Waals surface area contributed by atoms with Crippen LogP contribution < -0.4 is 5.32 Å². The summed E-state index contributed by atoms with van der Waals surface area (Å²) in [4.78, 5) is 25.1. The molecule has 1 saturated heterocycles. The van der Waals surface area contributed by atoms with Gasteiger partial charge >= 0.3 is 5.97 Å². The number of hydrogen-bond donors (Lipinski definition) is 6. The molecule has 0 aliphatic carbocycles. The first-order valence-electron chi connectivity index (χ1n) is 37.2. The van der Waals surface area contributed by atoms with Crippen LogP contribution in [0, 0.1) is 0 Å². The van der Waals surface area contributed by atoms with E-state index in [0.29, 0.717) is 19.4 Å². The van der Waals surface area contributed by atoms with Gasteiger partial charge in [-0.2, -0.15) is 0 Å². The summed E-state index contributed by atoms with van der Waals surface area (Å²) >= 11 is 0. The van der Waals surface area contributed by atoms with Crippen molar-refractivity contribution in [2.45, 2.75) is 384 Å². The van der Waals surface area contributed by atoms with Gasteiger partial charge in [-0.25, -0.2) is 0 Å². The molecule has 88 heavy (non-hydrogen) atoms. The molecule has 0 spiro atoms. The number of hydrogen-bond acceptors (Lipinski definition) is 10. The number of rotatable bonds is 65. The van der Waals surface area contributed by atoms with E-state index < -0.39 is 49.5 Å². The number of aliphatic hydroxyl groups is 5. The zero-order valence-corrected chi connectivity index (χ0v) is 56.9. The molecule has 0 bridgehead atoms. The van der Waals surface area contributed by atoms with Gasteiger partial charge in [-0.3, -0.25) is 9.59 Å². The van der Waals surface area contributed by atoms with Crippen molar-refractivity contribution in [2.24, 2.45) is 0 Å². The number of nitrogens with one attached hydrogen (secondary N) is 1. The number of ether oxygens (including phenoxy) is 3. The number of aliphatic hydroxyl groups excluding tert-OH is 5. The molecular formula is C77H139NO10. The van der Waals surface area contributed by atoms with Gasteiger partial charge in [0.2, 0.25) is 5.91 Å². The van der Waals surface area contributed by atoms with Crippen LogP contribution in [0.2, 0.25) is 0 Å². The van der Waals surface area contributed by atoms with Crippen molar-refractivity contribution < 1.29 is 49.3 Å². The summed E-state index contributed by atoms with van der Waals surface area (Å²) in [5.41, 5.74) is 0. The topological polar surface area (TPSA) is 175 Å². The number of carbonyl (C=O) groups excluding carboxylic acids is 2. The molecule has 7 atom stereocenters. The first kappa shape index (κ1) is 83.1. The SMILES string of the molecule is CCCC/C=C\CCCCCCCC(=O)OCCCCCCCCCCCCCCC/C=C\C/C=C\CCCCCCCCCCCCCCCCCCCC(=O)NC(COC1OC(CO)C(O)C(O)C1O)C(O)/C=C/CC/C=C/CC/C=C/CCCC. The number of amides is 1. The quantitative estimate of drug-likeness (QED) is 0.0195. The lowest BCUT2D eigenvalue weighted by Gasteiger charge is -2.40. The Bertz CT molecular complexity index is 1690. The molecule has 0 aromatic carbocycles. The van der Waals surface area contributed by atoms with Crippen molar-refractivity contribution in [1.29, 1.82) is 0 Å². The summed E-state index contributed by atoms with van der Waals surface area (Å²) < 4.78 is 16.7. The van der Waals surface area contributed by atoms with E-state index in [1.54, 1.807) is 6.08 Å². The highest BCUT2D eigenvalue weighted by atomic mass is 16.7. The third-order valence-corrected chi connectivity index (χ3v) is 17.2. The molecule has 1 aliphatic rings. The standard InChI is InChI=1S/C77H139NO10/c1-3-5-7-9-11-13-15-44-47-51-55-59-63-70(80)69(68-87-77-76(85)75(84)74(83)71(67-79)88-77)78-72(81)64-60-56-52-48-45-41-39-37-35-33-31-29-27-25-23-21-19-17-16-18-20-22-24-26-28-30-32-34-36-38-40-42-46-50-54-58-62-66-86-73(82)65-61-57-53-49-43-14-12-10-8-6-4-2/h9-12,16,18,22,24,44,47,59,63,69-71,74-77,79-80,83-85H,3-8,13-15,17,19-21,23,25-43,45-46,48-58,60-62,64-68H2,1-2H3,(H,78,81)/b11-9+,12-10-,18-16-,24-22-,47-44+,63-59+. The van der Waals surface area contributed by atoms with Gasteiger partial charge in [0.05, 0.1) is 32.0 Å². The van der Waals surface area contributed by atoms with Crippen molar-refractivity contribution in [1.82, 2.24) is 5.32 Å². The first-order chi connectivity index (χ1) is 43.2. The number of allylic oxidation sites excluding steroid dienone is 11. The monoisotopic (exact) mass is 1240 g/mol. The average Bonchev–Trinajstić information content (AvgIpc) is 2.89. The maximum atomic E-state index is 13.1. The Morgan fingerprint density at radius 2 is 0.773 bits per heavy atom. The van der Waals surface area contributed by atoms with E-state index in [-0.39, 0.29) is 18.5 Å². The highest BCUT2D eigenvalue weighted by molar-refractivity contribution is 5.76. The molecule has 0 aromatic heterocycles. The van der Waals surface area contributed by atoms with Crippen LogP contribution in [0.5, 0.6) is 0 Å². The van der Waals surface area contributed by atoms with E-state index in [2.05, 4.69) is 79.9 Å². The fourth-order valence-electron chi connectivity index (χ4n) is 11.3. The van der Waals surface area contributed by atoms with Crippen LogP contribution >= 0.6 is 0 Å². The van der Waals surface area contributed by atoms with E-state index in [4.69, 9.17) is 14.2 Å².